The van der Waals surface area contributed by atoms with Crippen molar-refractivity contribution in [3.05, 3.63) is 5.21 Å². The highest BCUT2D eigenvalue weighted by Crippen LogP contribution is 2.14. The topological polar surface area (TPSA) is 72.0 Å². The van der Waals surface area contributed by atoms with Gasteiger partial charge in [-0.25, -0.2) is 5.90 Å². The molecular weight excluding hydrogens is 208 g/mol. The predicted molar refractivity (Wildman–Crippen MR) is 63.5 cm³/mol. The summed E-state index contributed by atoms with van der Waals surface area (Å²) in [5.74, 6) is 5.15. The lowest BCUT2D eigenvalue weighted by Crippen LogP contribution is -3.15. The van der Waals surface area contributed by atoms with Crippen LogP contribution in [0.25, 0.3) is 0 Å². The van der Waals surface area contributed by atoms with Crippen molar-refractivity contribution in [1.29, 1.82) is 0 Å². The fourth-order valence-electron chi connectivity index (χ4n) is 1.33. The average molecular weight is 234 g/mol. The largest absolute Gasteiger partial charge is 0.632 e. The van der Waals surface area contributed by atoms with Crippen molar-refractivity contribution >= 4 is 0 Å². The van der Waals surface area contributed by atoms with Crippen molar-refractivity contribution in [2.24, 2.45) is 5.90 Å². The van der Waals surface area contributed by atoms with Gasteiger partial charge < -0.3 is 15.0 Å². The maximum absolute atomic E-state index is 11.7. The Morgan fingerprint density at radius 3 is 2.19 bits per heavy atom. The number of ether oxygens (including phenoxy) is 1. The van der Waals surface area contributed by atoms with Crippen LogP contribution < -0.4 is 11.0 Å². The van der Waals surface area contributed by atoms with E-state index in [1.165, 1.54) is 0 Å². The van der Waals surface area contributed by atoms with Gasteiger partial charge in [-0.2, -0.15) is 0 Å². The van der Waals surface area contributed by atoms with Gasteiger partial charge in [0.15, 0.2) is 5.72 Å². The fraction of sp³-hybridized carbons (Fsp3) is 1.00. The van der Waals surface area contributed by atoms with E-state index in [9.17, 15) is 5.21 Å². The second-order valence-electron chi connectivity index (χ2n) is 4.84. The number of hydroxylamine groups is 2. The summed E-state index contributed by atoms with van der Waals surface area (Å²) in [6.45, 7) is 10.4. The molecule has 0 aromatic rings. The summed E-state index contributed by atoms with van der Waals surface area (Å²) in [6.07, 6.45) is 1.35. The van der Waals surface area contributed by atoms with Gasteiger partial charge in [-0.15, -0.1) is 0 Å². The van der Waals surface area contributed by atoms with E-state index in [-0.39, 0.29) is 5.06 Å². The third kappa shape index (κ3) is 4.76. The number of hydrogen-bond acceptors (Lipinski definition) is 4. The standard InChI is InChI=1S/C11H26N2O3/c1-6-11(5,13(14)7-2)15-9-8-10(3,4)16-12/h13H,6-9,12H2,1-5H3. The molecule has 3 N–H and O–H groups in total. The second-order valence-corrected chi connectivity index (χ2v) is 4.84. The van der Waals surface area contributed by atoms with Crippen LogP contribution in [0.5, 0.6) is 0 Å². The van der Waals surface area contributed by atoms with Gasteiger partial charge in [0.2, 0.25) is 0 Å². The molecule has 5 heteroatoms. The van der Waals surface area contributed by atoms with Crippen LogP contribution in [-0.2, 0) is 9.57 Å². The molecule has 0 aromatic heterocycles. The van der Waals surface area contributed by atoms with Crippen LogP contribution >= 0.6 is 0 Å². The molecule has 0 saturated heterocycles. The molecule has 0 fully saturated rings. The highest BCUT2D eigenvalue weighted by Gasteiger charge is 2.30. The molecule has 2 unspecified atom stereocenters. The molecular formula is C11H26N2O3. The molecule has 0 aliphatic heterocycles. The van der Waals surface area contributed by atoms with Crippen LogP contribution in [0.2, 0.25) is 0 Å². The van der Waals surface area contributed by atoms with Crippen molar-refractivity contribution in [2.75, 3.05) is 13.2 Å². The summed E-state index contributed by atoms with van der Waals surface area (Å²) < 4.78 is 5.68. The molecule has 16 heavy (non-hydrogen) atoms. The smallest absolute Gasteiger partial charge is 0.198 e. The first kappa shape index (κ1) is 15.8. The van der Waals surface area contributed by atoms with Gasteiger partial charge in [-0.1, -0.05) is 6.92 Å². The Labute approximate surface area is 98.4 Å². The molecule has 0 amide bonds. The third-order valence-electron chi connectivity index (χ3n) is 3.03. The molecule has 0 bridgehead atoms. The van der Waals surface area contributed by atoms with Gasteiger partial charge in [-0.05, 0) is 20.8 Å². The molecule has 0 radical (unpaired) electrons. The monoisotopic (exact) mass is 234 g/mol. The van der Waals surface area contributed by atoms with Gasteiger partial charge in [0.1, 0.15) is 0 Å². The Morgan fingerprint density at radius 1 is 1.25 bits per heavy atom. The molecule has 0 saturated carbocycles. The fourth-order valence-corrected chi connectivity index (χ4v) is 1.33. The zero-order valence-electron chi connectivity index (χ0n) is 11.1. The summed E-state index contributed by atoms with van der Waals surface area (Å²) in [5, 5.41) is 11.8. The van der Waals surface area contributed by atoms with E-state index in [0.717, 1.165) is 0 Å². The molecule has 0 aliphatic rings. The number of quaternary nitrogens is 1. The van der Waals surface area contributed by atoms with Crippen LogP contribution in [0.15, 0.2) is 0 Å². The molecule has 0 rings (SSSR count). The summed E-state index contributed by atoms with van der Waals surface area (Å²) >= 11 is 0. The van der Waals surface area contributed by atoms with Crippen LogP contribution in [0.3, 0.4) is 0 Å². The first-order chi connectivity index (χ1) is 7.31. The second kappa shape index (κ2) is 6.51. The zero-order chi connectivity index (χ0) is 12.8. The lowest BCUT2D eigenvalue weighted by Gasteiger charge is -2.39. The Bertz CT molecular complexity index is 200. The van der Waals surface area contributed by atoms with Crippen LogP contribution in [0.4, 0.5) is 0 Å². The van der Waals surface area contributed by atoms with Gasteiger partial charge in [0, 0.05) is 19.8 Å². The van der Waals surface area contributed by atoms with E-state index in [4.69, 9.17) is 15.5 Å². The van der Waals surface area contributed by atoms with E-state index in [1.54, 1.807) is 0 Å². The number of rotatable bonds is 8. The van der Waals surface area contributed by atoms with Crippen molar-refractivity contribution in [1.82, 2.24) is 0 Å². The normalized spacial score (nSPS) is 18.2. The van der Waals surface area contributed by atoms with Gasteiger partial charge in [0.25, 0.3) is 0 Å². The highest BCUT2D eigenvalue weighted by molar-refractivity contribution is 4.67. The van der Waals surface area contributed by atoms with Crippen LogP contribution in [-0.4, -0.2) is 24.5 Å². The lowest BCUT2D eigenvalue weighted by atomic mass is 10.1. The van der Waals surface area contributed by atoms with Gasteiger partial charge in [-0.3, -0.25) is 4.84 Å². The average Bonchev–Trinajstić information content (AvgIpc) is 2.27. The summed E-state index contributed by atoms with van der Waals surface area (Å²) in [4.78, 5) is 4.81. The molecule has 0 spiro atoms. The Morgan fingerprint density at radius 2 is 1.81 bits per heavy atom. The quantitative estimate of drug-likeness (QED) is 0.476. The van der Waals surface area contributed by atoms with E-state index >= 15 is 0 Å². The third-order valence-corrected chi connectivity index (χ3v) is 3.03. The van der Waals surface area contributed by atoms with E-state index in [0.29, 0.717) is 26.0 Å². The van der Waals surface area contributed by atoms with Gasteiger partial charge in [0.05, 0.1) is 18.8 Å². The van der Waals surface area contributed by atoms with E-state index < -0.39 is 11.3 Å². The van der Waals surface area contributed by atoms with Crippen LogP contribution in [0, 0.1) is 5.21 Å². The SMILES string of the molecule is CC[NH+]([O-])C(C)(CC)OCCC(C)(C)ON. The van der Waals surface area contributed by atoms with Crippen molar-refractivity contribution in [3.63, 3.8) is 0 Å². The Hall–Kier alpha value is -0.200. The first-order valence-corrected chi connectivity index (χ1v) is 5.86. The Balaban J connectivity index is 4.15. The van der Waals surface area contributed by atoms with Gasteiger partial charge >= 0.3 is 0 Å². The molecule has 98 valence electrons. The van der Waals surface area contributed by atoms with E-state index in [1.807, 2.05) is 34.6 Å². The minimum Gasteiger partial charge on any atom is -0.632 e. The summed E-state index contributed by atoms with van der Waals surface area (Å²) in [6, 6.07) is 0. The molecule has 0 heterocycles. The number of nitrogens with one attached hydrogen (secondary N) is 1. The molecule has 5 nitrogen and oxygen atoms in total. The zero-order valence-corrected chi connectivity index (χ0v) is 11.1. The number of hydrogen-bond donors (Lipinski definition) is 2. The highest BCUT2D eigenvalue weighted by atomic mass is 16.6. The minimum absolute atomic E-state index is 0.140. The first-order valence-electron chi connectivity index (χ1n) is 5.86. The summed E-state index contributed by atoms with van der Waals surface area (Å²) in [5.41, 5.74) is -1.08. The molecule has 0 aromatic carbocycles. The molecule has 0 aliphatic carbocycles. The number of nitrogens with two attached hydrogens (primary N) is 1. The molecule has 2 atom stereocenters. The summed E-state index contributed by atoms with van der Waals surface area (Å²) in [7, 11) is 0. The lowest BCUT2D eigenvalue weighted by molar-refractivity contribution is -0.931. The maximum Gasteiger partial charge on any atom is 0.198 e. The Kier molecular flexibility index (Phi) is 6.43. The van der Waals surface area contributed by atoms with Crippen molar-refractivity contribution in [2.45, 2.75) is 58.8 Å². The van der Waals surface area contributed by atoms with Crippen molar-refractivity contribution in [3.8, 4) is 0 Å². The maximum atomic E-state index is 11.7. The minimum atomic E-state index is -0.667. The van der Waals surface area contributed by atoms with E-state index in [2.05, 4.69) is 0 Å². The van der Waals surface area contributed by atoms with Crippen LogP contribution in [0.1, 0.15) is 47.5 Å². The van der Waals surface area contributed by atoms with Crippen molar-refractivity contribution < 1.29 is 14.6 Å². The predicted octanol–water partition coefficient (Wildman–Crippen LogP) is 0.591.